The van der Waals surface area contributed by atoms with E-state index >= 15 is 0 Å². The molecule has 1 amide bonds. The van der Waals surface area contributed by atoms with Gasteiger partial charge in [-0.15, -0.1) is 0 Å². The Hall–Kier alpha value is -2.00. The summed E-state index contributed by atoms with van der Waals surface area (Å²) in [4.78, 5) is 12.2. The van der Waals surface area contributed by atoms with Crippen molar-refractivity contribution in [1.82, 2.24) is 5.32 Å². The molecule has 0 saturated carbocycles. The number of carbonyl (C=O) groups is 1. The molecule has 0 bridgehead atoms. The Balaban J connectivity index is 1.72. The lowest BCUT2D eigenvalue weighted by Gasteiger charge is -2.15. The Morgan fingerprint density at radius 2 is 1.81 bits per heavy atom. The molecule has 1 atom stereocenters. The lowest BCUT2D eigenvalue weighted by atomic mass is 10.0. The number of rotatable bonds is 8. The van der Waals surface area contributed by atoms with E-state index in [2.05, 4.69) is 43.4 Å². The number of ether oxygens (including phenoxy) is 1. The molecule has 26 heavy (non-hydrogen) atoms. The number of amides is 1. The fourth-order valence-corrected chi connectivity index (χ4v) is 2.78. The Bertz CT molecular complexity index is 725. The Morgan fingerprint density at radius 3 is 2.42 bits per heavy atom. The molecular weight excluding hydrogens is 346 g/mol. The van der Waals surface area contributed by atoms with E-state index in [0.717, 1.165) is 18.4 Å². The van der Waals surface area contributed by atoms with Gasteiger partial charge in [0.1, 0.15) is 5.75 Å². The maximum atomic E-state index is 12.2. The molecule has 0 saturated heterocycles. The van der Waals surface area contributed by atoms with Crippen LogP contribution in [-0.4, -0.2) is 18.6 Å². The van der Waals surface area contributed by atoms with E-state index in [1.807, 2.05) is 13.0 Å². The van der Waals surface area contributed by atoms with Gasteiger partial charge in [-0.1, -0.05) is 49.7 Å². The zero-order valence-corrected chi connectivity index (χ0v) is 16.8. The third kappa shape index (κ3) is 6.06. The number of halogens is 1. The summed E-state index contributed by atoms with van der Waals surface area (Å²) in [7, 11) is 0. The van der Waals surface area contributed by atoms with Gasteiger partial charge in [0.15, 0.2) is 6.10 Å². The van der Waals surface area contributed by atoms with Crippen molar-refractivity contribution in [1.29, 1.82) is 0 Å². The molecule has 0 spiro atoms. The Kier molecular flexibility index (Phi) is 7.52. The van der Waals surface area contributed by atoms with Crippen molar-refractivity contribution in [3.63, 3.8) is 0 Å². The molecule has 0 unspecified atom stereocenters. The third-order valence-corrected chi connectivity index (χ3v) is 4.82. The normalized spacial score (nSPS) is 12.1. The summed E-state index contributed by atoms with van der Waals surface area (Å²) in [6.45, 7) is 8.69. The van der Waals surface area contributed by atoms with Crippen LogP contribution in [0.1, 0.15) is 49.8 Å². The number of nitrogens with one attached hydrogen (secondary N) is 1. The van der Waals surface area contributed by atoms with Crippen molar-refractivity contribution in [2.45, 2.75) is 52.6 Å². The molecule has 2 rings (SSSR count). The maximum absolute atomic E-state index is 12.2. The van der Waals surface area contributed by atoms with Crippen LogP contribution in [0.15, 0.2) is 42.5 Å². The van der Waals surface area contributed by atoms with E-state index < -0.39 is 6.10 Å². The fourth-order valence-electron chi connectivity index (χ4n) is 2.67. The zero-order chi connectivity index (χ0) is 19.1. The standard InChI is InChI=1S/C22H28ClNO2/c1-15(2)19-9-7-18(8-10-19)6-5-13-24-22(25)17(4)26-20-11-12-21(23)16(3)14-20/h7-12,14-15,17H,5-6,13H2,1-4H3,(H,24,25)/t17-/m1/s1. The summed E-state index contributed by atoms with van der Waals surface area (Å²) >= 11 is 6.00. The van der Waals surface area contributed by atoms with Crippen molar-refractivity contribution >= 4 is 17.5 Å². The number of hydrogen-bond acceptors (Lipinski definition) is 2. The minimum atomic E-state index is -0.541. The highest BCUT2D eigenvalue weighted by atomic mass is 35.5. The van der Waals surface area contributed by atoms with Crippen molar-refractivity contribution in [3.8, 4) is 5.75 Å². The van der Waals surface area contributed by atoms with E-state index in [9.17, 15) is 4.79 Å². The second kappa shape index (κ2) is 9.63. The fraction of sp³-hybridized carbons (Fsp3) is 0.409. The second-order valence-electron chi connectivity index (χ2n) is 6.96. The summed E-state index contributed by atoms with van der Waals surface area (Å²) in [6, 6.07) is 14.1. The van der Waals surface area contributed by atoms with Gasteiger partial charge in [0.05, 0.1) is 0 Å². The average Bonchev–Trinajstić information content (AvgIpc) is 2.62. The van der Waals surface area contributed by atoms with Crippen molar-refractivity contribution in [2.75, 3.05) is 6.54 Å². The molecule has 0 aliphatic carbocycles. The first kappa shape index (κ1) is 20.3. The Morgan fingerprint density at radius 1 is 1.12 bits per heavy atom. The molecule has 0 aliphatic rings. The number of aryl methyl sites for hydroxylation is 2. The zero-order valence-electron chi connectivity index (χ0n) is 16.0. The van der Waals surface area contributed by atoms with Crippen LogP contribution >= 0.6 is 11.6 Å². The minimum absolute atomic E-state index is 0.104. The largest absolute Gasteiger partial charge is 0.481 e. The van der Waals surface area contributed by atoms with Crippen LogP contribution in [0.3, 0.4) is 0 Å². The van der Waals surface area contributed by atoms with Crippen molar-refractivity contribution in [2.24, 2.45) is 0 Å². The highest BCUT2D eigenvalue weighted by Gasteiger charge is 2.14. The molecule has 0 radical (unpaired) electrons. The van der Waals surface area contributed by atoms with E-state index in [4.69, 9.17) is 16.3 Å². The van der Waals surface area contributed by atoms with Gasteiger partial charge in [-0.3, -0.25) is 4.79 Å². The molecule has 2 aromatic rings. The molecule has 0 heterocycles. The smallest absolute Gasteiger partial charge is 0.260 e. The molecule has 0 fully saturated rings. The van der Waals surface area contributed by atoms with Gasteiger partial charge in [0.2, 0.25) is 0 Å². The molecule has 0 aliphatic heterocycles. The summed E-state index contributed by atoms with van der Waals surface area (Å²) in [5, 5.41) is 3.63. The lowest BCUT2D eigenvalue weighted by molar-refractivity contribution is -0.127. The first-order valence-corrected chi connectivity index (χ1v) is 9.54. The van der Waals surface area contributed by atoms with Gasteiger partial charge >= 0.3 is 0 Å². The van der Waals surface area contributed by atoms with E-state index in [0.29, 0.717) is 23.2 Å². The molecule has 4 heteroatoms. The van der Waals surface area contributed by atoms with Gasteiger partial charge in [0.25, 0.3) is 5.91 Å². The quantitative estimate of drug-likeness (QED) is 0.638. The lowest BCUT2D eigenvalue weighted by Crippen LogP contribution is -2.36. The summed E-state index contributed by atoms with van der Waals surface area (Å²) in [5.41, 5.74) is 3.58. The van der Waals surface area contributed by atoms with Gasteiger partial charge in [-0.2, -0.15) is 0 Å². The van der Waals surface area contributed by atoms with E-state index in [1.165, 1.54) is 11.1 Å². The van der Waals surface area contributed by atoms with E-state index in [1.54, 1.807) is 19.1 Å². The maximum Gasteiger partial charge on any atom is 0.260 e. The summed E-state index contributed by atoms with van der Waals surface area (Å²) in [6.07, 6.45) is 1.31. The summed E-state index contributed by atoms with van der Waals surface area (Å²) in [5.74, 6) is 1.10. The molecule has 1 N–H and O–H groups in total. The van der Waals surface area contributed by atoms with Crippen LogP contribution in [0.2, 0.25) is 5.02 Å². The molecule has 2 aromatic carbocycles. The SMILES string of the molecule is Cc1cc(O[C@H](C)C(=O)NCCCc2ccc(C(C)C)cc2)ccc1Cl. The van der Waals surface area contributed by atoms with Gasteiger partial charge < -0.3 is 10.1 Å². The topological polar surface area (TPSA) is 38.3 Å². The van der Waals surface area contributed by atoms with Crippen LogP contribution in [0, 0.1) is 6.92 Å². The van der Waals surface area contributed by atoms with Crippen LogP contribution < -0.4 is 10.1 Å². The minimum Gasteiger partial charge on any atom is -0.481 e. The molecule has 0 aromatic heterocycles. The van der Waals surface area contributed by atoms with Crippen LogP contribution in [-0.2, 0) is 11.2 Å². The molecular formula is C22H28ClNO2. The molecule has 140 valence electrons. The predicted molar refractivity (Wildman–Crippen MR) is 108 cm³/mol. The number of carbonyl (C=O) groups excluding carboxylic acids is 1. The highest BCUT2D eigenvalue weighted by molar-refractivity contribution is 6.31. The van der Waals surface area contributed by atoms with Crippen molar-refractivity contribution in [3.05, 3.63) is 64.2 Å². The first-order valence-electron chi connectivity index (χ1n) is 9.16. The number of hydrogen-bond donors (Lipinski definition) is 1. The Labute approximate surface area is 161 Å². The third-order valence-electron chi connectivity index (χ3n) is 4.40. The second-order valence-corrected chi connectivity index (χ2v) is 7.37. The molecule has 3 nitrogen and oxygen atoms in total. The van der Waals surface area contributed by atoms with Gasteiger partial charge in [-0.25, -0.2) is 0 Å². The monoisotopic (exact) mass is 373 g/mol. The van der Waals surface area contributed by atoms with Gasteiger partial charge in [0, 0.05) is 11.6 Å². The van der Waals surface area contributed by atoms with E-state index in [-0.39, 0.29) is 5.91 Å². The van der Waals surface area contributed by atoms with Crippen LogP contribution in [0.4, 0.5) is 0 Å². The van der Waals surface area contributed by atoms with Crippen LogP contribution in [0.5, 0.6) is 5.75 Å². The van der Waals surface area contributed by atoms with Crippen molar-refractivity contribution < 1.29 is 9.53 Å². The van der Waals surface area contributed by atoms with Gasteiger partial charge in [-0.05, 0) is 67.5 Å². The number of benzene rings is 2. The predicted octanol–water partition coefficient (Wildman–Crippen LogP) is 5.29. The summed E-state index contributed by atoms with van der Waals surface area (Å²) < 4.78 is 5.69. The van der Waals surface area contributed by atoms with Crippen LogP contribution in [0.25, 0.3) is 0 Å². The first-order chi connectivity index (χ1) is 12.4. The average molecular weight is 374 g/mol. The highest BCUT2D eigenvalue weighted by Crippen LogP contribution is 2.22.